The number of benzene rings is 2. The normalized spacial score (nSPS) is 18.2. The maximum Gasteiger partial charge on any atom is 0.234 e. The first kappa shape index (κ1) is 20.4. The molecule has 6 heteroatoms. The molecule has 30 heavy (non-hydrogen) atoms. The van der Waals surface area contributed by atoms with Gasteiger partial charge in [0.15, 0.2) is 0 Å². The number of amides is 1. The number of hydrogen-bond acceptors (Lipinski definition) is 4. The number of thioether (sulfide) groups is 1. The third kappa shape index (κ3) is 5.60. The third-order valence-electron chi connectivity index (χ3n) is 5.16. The minimum atomic E-state index is -0.345. The molecule has 0 spiro atoms. The van der Waals surface area contributed by atoms with Gasteiger partial charge >= 0.3 is 0 Å². The Morgan fingerprint density at radius 1 is 1.10 bits per heavy atom. The Morgan fingerprint density at radius 2 is 1.97 bits per heavy atom. The van der Waals surface area contributed by atoms with Crippen molar-refractivity contribution in [3.05, 3.63) is 84.4 Å². The average molecular weight is 423 g/mol. The van der Waals surface area contributed by atoms with Crippen molar-refractivity contribution in [3.63, 3.8) is 0 Å². The van der Waals surface area contributed by atoms with Crippen LogP contribution in [-0.2, 0) is 4.79 Å². The molecule has 2 atom stereocenters. The summed E-state index contributed by atoms with van der Waals surface area (Å²) in [5.74, 6) is 1.65. The zero-order valence-corrected chi connectivity index (χ0v) is 17.3. The Kier molecular flexibility index (Phi) is 6.64. The average Bonchev–Trinajstić information content (AvgIpc) is 3.24. The van der Waals surface area contributed by atoms with Crippen LogP contribution in [0.2, 0.25) is 0 Å². The van der Waals surface area contributed by atoms with Crippen LogP contribution < -0.4 is 10.1 Å². The summed E-state index contributed by atoms with van der Waals surface area (Å²) in [6.45, 7) is 0. The molecule has 1 N–H and O–H groups in total. The highest BCUT2D eigenvalue weighted by Crippen LogP contribution is 2.39. The first-order valence-electron chi connectivity index (χ1n) is 10.0. The molecule has 1 aromatic heterocycles. The molecule has 1 heterocycles. The first-order chi connectivity index (χ1) is 14.7. The van der Waals surface area contributed by atoms with Crippen LogP contribution in [-0.4, -0.2) is 21.9 Å². The van der Waals surface area contributed by atoms with E-state index in [9.17, 15) is 9.18 Å². The summed E-state index contributed by atoms with van der Waals surface area (Å²) >= 11 is 1.72. The Hall–Kier alpha value is -2.86. The molecule has 0 radical (unpaired) electrons. The van der Waals surface area contributed by atoms with Crippen LogP contribution in [0.25, 0.3) is 0 Å². The second-order valence-electron chi connectivity index (χ2n) is 7.36. The van der Waals surface area contributed by atoms with Crippen molar-refractivity contribution in [1.29, 1.82) is 0 Å². The molecule has 1 amide bonds. The van der Waals surface area contributed by atoms with E-state index in [1.54, 1.807) is 54.4 Å². The van der Waals surface area contributed by atoms with Gasteiger partial charge in [-0.15, -0.1) is 11.8 Å². The fourth-order valence-corrected chi connectivity index (χ4v) is 4.81. The smallest absolute Gasteiger partial charge is 0.234 e. The number of aromatic nitrogens is 1. The van der Waals surface area contributed by atoms with E-state index in [2.05, 4.69) is 16.4 Å². The molecule has 154 valence electrons. The van der Waals surface area contributed by atoms with Crippen LogP contribution in [0.4, 0.5) is 10.1 Å². The van der Waals surface area contributed by atoms with Crippen LogP contribution in [0.1, 0.15) is 30.7 Å². The lowest BCUT2D eigenvalue weighted by Gasteiger charge is -2.12. The van der Waals surface area contributed by atoms with Crippen LogP contribution in [0.5, 0.6) is 11.5 Å². The standard InChI is InChI=1S/C24H23FN2O2S/c25-19-4-1-5-22(14-19)29-21-9-7-20(8-10-21)27-24(28)16-30-23-11-6-17(13-23)18-3-2-12-26-15-18/h1-5,7-10,12,14-15,17,23H,6,11,13,16H2,(H,27,28). The van der Waals surface area contributed by atoms with E-state index in [0.717, 1.165) is 19.3 Å². The summed E-state index contributed by atoms with van der Waals surface area (Å²) in [4.78, 5) is 16.5. The maximum absolute atomic E-state index is 13.2. The van der Waals surface area contributed by atoms with E-state index in [0.29, 0.717) is 34.1 Å². The number of carbonyl (C=O) groups excluding carboxylic acids is 1. The van der Waals surface area contributed by atoms with E-state index in [-0.39, 0.29) is 11.7 Å². The number of nitrogens with zero attached hydrogens (tertiary/aromatic N) is 1. The second kappa shape index (κ2) is 9.76. The van der Waals surface area contributed by atoms with Crippen LogP contribution >= 0.6 is 11.8 Å². The Morgan fingerprint density at radius 3 is 2.73 bits per heavy atom. The molecule has 0 saturated heterocycles. The second-order valence-corrected chi connectivity index (χ2v) is 8.65. The first-order valence-corrected chi connectivity index (χ1v) is 11.1. The minimum absolute atomic E-state index is 0.0105. The molecular formula is C24H23FN2O2S. The third-order valence-corrected chi connectivity index (χ3v) is 6.49. The monoisotopic (exact) mass is 422 g/mol. The molecule has 1 aliphatic carbocycles. The van der Waals surface area contributed by atoms with Gasteiger partial charge in [-0.2, -0.15) is 0 Å². The summed E-state index contributed by atoms with van der Waals surface area (Å²) in [7, 11) is 0. The molecule has 1 aliphatic rings. The Bertz CT molecular complexity index is 982. The van der Waals surface area contributed by atoms with Gasteiger partial charge in [-0.25, -0.2) is 4.39 Å². The SMILES string of the molecule is O=C(CSC1CCC(c2cccnc2)C1)Nc1ccc(Oc2cccc(F)c2)cc1. The Balaban J connectivity index is 1.22. The van der Waals surface area contributed by atoms with Gasteiger partial charge in [-0.3, -0.25) is 9.78 Å². The lowest BCUT2D eigenvalue weighted by atomic mass is 10.00. The van der Waals surface area contributed by atoms with Crippen molar-refractivity contribution in [2.24, 2.45) is 0 Å². The molecular weight excluding hydrogens is 399 g/mol. The van der Waals surface area contributed by atoms with Crippen molar-refractivity contribution < 1.29 is 13.9 Å². The lowest BCUT2D eigenvalue weighted by molar-refractivity contribution is -0.113. The van der Waals surface area contributed by atoms with Crippen molar-refractivity contribution in [2.75, 3.05) is 11.1 Å². The maximum atomic E-state index is 13.2. The molecule has 1 fully saturated rings. The Labute approximate surface area is 179 Å². The van der Waals surface area contributed by atoms with Gasteiger partial charge in [0, 0.05) is 29.4 Å². The number of carbonyl (C=O) groups is 1. The molecule has 2 aromatic carbocycles. The molecule has 4 rings (SSSR count). The minimum Gasteiger partial charge on any atom is -0.457 e. The summed E-state index contributed by atoms with van der Waals surface area (Å²) in [6.07, 6.45) is 7.12. The lowest BCUT2D eigenvalue weighted by Crippen LogP contribution is -2.15. The van der Waals surface area contributed by atoms with Gasteiger partial charge in [0.1, 0.15) is 17.3 Å². The van der Waals surface area contributed by atoms with Gasteiger partial charge in [0.25, 0.3) is 0 Å². The molecule has 1 saturated carbocycles. The zero-order chi connectivity index (χ0) is 20.8. The predicted molar refractivity (Wildman–Crippen MR) is 119 cm³/mol. The van der Waals surface area contributed by atoms with E-state index in [4.69, 9.17) is 4.74 Å². The fourth-order valence-electron chi connectivity index (χ4n) is 3.68. The van der Waals surface area contributed by atoms with Crippen molar-refractivity contribution in [3.8, 4) is 11.5 Å². The number of hydrogen-bond donors (Lipinski definition) is 1. The van der Waals surface area contributed by atoms with Gasteiger partial charge in [0.05, 0.1) is 5.75 Å². The van der Waals surface area contributed by atoms with Crippen molar-refractivity contribution in [2.45, 2.75) is 30.4 Å². The zero-order valence-electron chi connectivity index (χ0n) is 16.5. The summed E-state index contributed by atoms with van der Waals surface area (Å²) in [5, 5.41) is 3.43. The van der Waals surface area contributed by atoms with Crippen molar-refractivity contribution >= 4 is 23.4 Å². The summed E-state index contributed by atoms with van der Waals surface area (Å²) in [5.41, 5.74) is 2.01. The fraction of sp³-hybridized carbons (Fsp3) is 0.250. The number of rotatable bonds is 7. The van der Waals surface area contributed by atoms with Crippen LogP contribution in [0.15, 0.2) is 73.1 Å². The number of ether oxygens (including phenoxy) is 1. The number of pyridine rings is 1. The summed E-state index contributed by atoms with van der Waals surface area (Å²) in [6, 6.07) is 17.2. The number of nitrogens with one attached hydrogen (secondary N) is 1. The van der Waals surface area contributed by atoms with Gasteiger partial charge < -0.3 is 10.1 Å². The summed E-state index contributed by atoms with van der Waals surface area (Å²) < 4.78 is 18.9. The van der Waals surface area contributed by atoms with E-state index in [1.165, 1.54) is 17.7 Å². The molecule has 2 unspecified atom stereocenters. The van der Waals surface area contributed by atoms with E-state index < -0.39 is 0 Å². The topological polar surface area (TPSA) is 51.2 Å². The molecule has 4 nitrogen and oxygen atoms in total. The number of anilines is 1. The van der Waals surface area contributed by atoms with Crippen LogP contribution in [0, 0.1) is 5.82 Å². The number of halogens is 1. The van der Waals surface area contributed by atoms with Gasteiger partial charge in [-0.05, 0) is 73.2 Å². The highest BCUT2D eigenvalue weighted by atomic mass is 32.2. The van der Waals surface area contributed by atoms with E-state index in [1.807, 2.05) is 12.3 Å². The van der Waals surface area contributed by atoms with E-state index >= 15 is 0 Å². The highest BCUT2D eigenvalue weighted by Gasteiger charge is 2.26. The van der Waals surface area contributed by atoms with Crippen molar-refractivity contribution in [1.82, 2.24) is 4.98 Å². The molecule has 0 aliphatic heterocycles. The molecule has 0 bridgehead atoms. The van der Waals surface area contributed by atoms with Crippen LogP contribution in [0.3, 0.4) is 0 Å². The van der Waals surface area contributed by atoms with Gasteiger partial charge in [-0.1, -0.05) is 12.1 Å². The predicted octanol–water partition coefficient (Wildman–Crippen LogP) is 6.02. The largest absolute Gasteiger partial charge is 0.457 e. The van der Waals surface area contributed by atoms with Gasteiger partial charge in [0.2, 0.25) is 5.91 Å². The highest BCUT2D eigenvalue weighted by molar-refractivity contribution is 8.00. The molecule has 3 aromatic rings. The quantitative estimate of drug-likeness (QED) is 0.506.